The van der Waals surface area contributed by atoms with Gasteiger partial charge in [0.05, 0.1) is 11.8 Å². The number of hydrogen-bond donors (Lipinski definition) is 2. The fourth-order valence-corrected chi connectivity index (χ4v) is 8.14. The van der Waals surface area contributed by atoms with Gasteiger partial charge in [-0.3, -0.25) is 4.79 Å². The zero-order chi connectivity index (χ0) is 32.4. The van der Waals surface area contributed by atoms with Crippen molar-refractivity contribution < 1.29 is 27.1 Å². The van der Waals surface area contributed by atoms with E-state index in [1.54, 1.807) is 43.9 Å². The zero-order valence-corrected chi connectivity index (χ0v) is 27.6. The molecule has 0 radical (unpaired) electrons. The number of amides is 2. The molecule has 3 unspecified atom stereocenters. The Kier molecular flexibility index (Phi) is 10.7. The molecule has 2 amide bonds. The van der Waals surface area contributed by atoms with Crippen LogP contribution < -0.4 is 11.1 Å². The molecule has 2 bridgehead atoms. The van der Waals surface area contributed by atoms with Gasteiger partial charge in [0.15, 0.2) is 0 Å². The Hall–Kier alpha value is -2.73. The van der Waals surface area contributed by atoms with Crippen molar-refractivity contribution in [1.82, 2.24) is 9.21 Å². The summed E-state index contributed by atoms with van der Waals surface area (Å²) in [5, 5.41) is 3.41. The summed E-state index contributed by atoms with van der Waals surface area (Å²) in [5.41, 5.74) is 7.18. The van der Waals surface area contributed by atoms with E-state index in [1.807, 2.05) is 26.0 Å². The highest BCUT2D eigenvalue weighted by Gasteiger charge is 2.44. The molecule has 5 atom stereocenters. The van der Waals surface area contributed by atoms with E-state index in [9.17, 15) is 18.0 Å². The van der Waals surface area contributed by atoms with Crippen molar-refractivity contribution in [2.75, 3.05) is 24.2 Å². The smallest absolute Gasteiger partial charge is 0.410 e. The number of halogens is 2. The number of benzene rings is 2. The number of nitrogens with two attached hydrogens (primary N) is 1. The van der Waals surface area contributed by atoms with Crippen LogP contribution in [0.4, 0.5) is 14.9 Å². The topological polar surface area (TPSA) is 122 Å². The fraction of sp³-hybridized carbons (Fsp3) is 0.562. The summed E-state index contributed by atoms with van der Waals surface area (Å²) >= 11 is 6.06. The fourth-order valence-electron chi connectivity index (χ4n) is 6.22. The second-order valence-electron chi connectivity index (χ2n) is 13.1. The predicted octanol–water partition coefficient (Wildman–Crippen LogP) is 5.53. The van der Waals surface area contributed by atoms with Gasteiger partial charge in [-0.05, 0) is 82.2 Å². The molecule has 2 aromatic rings. The lowest BCUT2D eigenvalue weighted by molar-refractivity contribution is -0.118. The van der Waals surface area contributed by atoms with E-state index in [2.05, 4.69) is 5.32 Å². The second kappa shape index (κ2) is 13.7. The highest BCUT2D eigenvalue weighted by molar-refractivity contribution is 7.89. The quantitative estimate of drug-likeness (QED) is 0.387. The van der Waals surface area contributed by atoms with Crippen LogP contribution in [0.3, 0.4) is 0 Å². The van der Waals surface area contributed by atoms with Crippen molar-refractivity contribution in [2.24, 2.45) is 11.7 Å². The van der Waals surface area contributed by atoms with E-state index >= 15 is 4.39 Å². The predicted molar refractivity (Wildman–Crippen MR) is 171 cm³/mol. The summed E-state index contributed by atoms with van der Waals surface area (Å²) < 4.78 is 48.8. The van der Waals surface area contributed by atoms with Crippen LogP contribution in [0.5, 0.6) is 0 Å². The Morgan fingerprint density at radius 2 is 1.82 bits per heavy atom. The van der Waals surface area contributed by atoms with Crippen molar-refractivity contribution in [3.8, 4) is 0 Å². The van der Waals surface area contributed by atoms with Crippen molar-refractivity contribution in [1.29, 1.82) is 0 Å². The van der Waals surface area contributed by atoms with Gasteiger partial charge < -0.3 is 20.7 Å². The number of hydrogen-bond acceptors (Lipinski definition) is 6. The molecule has 2 heterocycles. The monoisotopic (exact) mass is 650 g/mol. The minimum Gasteiger partial charge on any atom is -0.444 e. The number of piperazine rings is 1. The molecule has 2 aromatic carbocycles. The van der Waals surface area contributed by atoms with Gasteiger partial charge in [0.25, 0.3) is 0 Å². The number of sulfonamides is 1. The van der Waals surface area contributed by atoms with Crippen LogP contribution in [0.25, 0.3) is 0 Å². The van der Waals surface area contributed by atoms with E-state index in [-0.39, 0.29) is 60.8 Å². The summed E-state index contributed by atoms with van der Waals surface area (Å²) in [5.74, 6) is -1.27. The van der Waals surface area contributed by atoms with Gasteiger partial charge in [-0.15, -0.1) is 0 Å². The van der Waals surface area contributed by atoms with Crippen LogP contribution in [0.2, 0.25) is 5.02 Å². The Bertz CT molecular complexity index is 1450. The molecule has 9 nitrogen and oxygen atoms in total. The lowest BCUT2D eigenvalue weighted by Gasteiger charge is -2.44. The summed E-state index contributed by atoms with van der Waals surface area (Å²) in [6.45, 7) is 9.62. The number of nitrogens with zero attached hydrogens (tertiary/aromatic N) is 2. The molecule has 0 aromatic heterocycles. The molecule has 2 aliphatic rings. The molecule has 2 aliphatic heterocycles. The van der Waals surface area contributed by atoms with E-state index in [0.717, 1.165) is 5.56 Å². The number of ether oxygens (including phenoxy) is 1. The number of anilines is 1. The van der Waals surface area contributed by atoms with E-state index < -0.39 is 45.5 Å². The van der Waals surface area contributed by atoms with Gasteiger partial charge in [-0.25, -0.2) is 17.6 Å². The van der Waals surface area contributed by atoms with Crippen LogP contribution in [-0.2, 0) is 26.0 Å². The highest BCUT2D eigenvalue weighted by atomic mass is 35.5. The summed E-state index contributed by atoms with van der Waals surface area (Å²) in [7, 11) is -3.56. The van der Waals surface area contributed by atoms with Crippen LogP contribution in [0.15, 0.2) is 42.5 Å². The number of fused-ring (bicyclic) bond motifs is 2. The Morgan fingerprint density at radius 3 is 2.45 bits per heavy atom. The lowest BCUT2D eigenvalue weighted by Crippen LogP contribution is -2.60. The molecular weight excluding hydrogens is 607 g/mol. The third kappa shape index (κ3) is 8.10. The number of rotatable bonds is 8. The van der Waals surface area contributed by atoms with Gasteiger partial charge in [-0.1, -0.05) is 43.6 Å². The first-order valence-corrected chi connectivity index (χ1v) is 17.1. The molecule has 12 heteroatoms. The molecular formula is C32H44ClFN4O5S. The maximum absolute atomic E-state index is 15.3. The molecule has 0 aliphatic carbocycles. The van der Waals surface area contributed by atoms with Gasteiger partial charge in [0.2, 0.25) is 15.9 Å². The SMILES string of the molecule is CC(C)[C@H](c1ccc(Cl)cc1)[C@H](N)C(=O)Nc1cccc(F)c1CCC1CN(C(=O)OC(C)(C)C)C2CCCS(=O)(=O)N1C2. The molecule has 4 rings (SSSR count). The van der Waals surface area contributed by atoms with Crippen LogP contribution in [-0.4, -0.2) is 72.2 Å². The van der Waals surface area contributed by atoms with E-state index in [4.69, 9.17) is 22.1 Å². The summed E-state index contributed by atoms with van der Waals surface area (Å²) in [4.78, 5) is 28.2. The number of carbonyl (C=O) groups is 2. The van der Waals surface area contributed by atoms with Gasteiger partial charge >= 0.3 is 6.09 Å². The minimum absolute atomic E-state index is 0.00824. The average molecular weight is 651 g/mol. The third-order valence-electron chi connectivity index (χ3n) is 8.34. The van der Waals surface area contributed by atoms with Gasteiger partial charge in [-0.2, -0.15) is 4.31 Å². The van der Waals surface area contributed by atoms with E-state index in [1.165, 1.54) is 16.4 Å². The van der Waals surface area contributed by atoms with Gasteiger partial charge in [0, 0.05) is 47.4 Å². The van der Waals surface area contributed by atoms with Gasteiger partial charge in [0.1, 0.15) is 11.4 Å². The van der Waals surface area contributed by atoms with Crippen LogP contribution in [0.1, 0.15) is 70.9 Å². The van der Waals surface area contributed by atoms with E-state index in [0.29, 0.717) is 17.9 Å². The number of nitrogens with one attached hydrogen (secondary N) is 1. The molecule has 0 spiro atoms. The van der Waals surface area contributed by atoms with Crippen molar-refractivity contribution in [3.05, 3.63) is 64.4 Å². The first-order valence-electron chi connectivity index (χ1n) is 15.2. The molecule has 3 N–H and O–H groups in total. The van der Waals surface area contributed by atoms with Crippen molar-refractivity contribution in [3.63, 3.8) is 0 Å². The average Bonchev–Trinajstić information content (AvgIpc) is 3.05. The minimum atomic E-state index is -3.56. The van der Waals surface area contributed by atoms with Crippen LogP contribution in [0, 0.1) is 11.7 Å². The van der Waals surface area contributed by atoms with Crippen molar-refractivity contribution in [2.45, 2.75) is 89.9 Å². The van der Waals surface area contributed by atoms with Crippen molar-refractivity contribution >= 4 is 39.3 Å². The molecule has 2 saturated heterocycles. The molecule has 44 heavy (non-hydrogen) atoms. The molecule has 0 saturated carbocycles. The Balaban J connectivity index is 1.55. The summed E-state index contributed by atoms with van der Waals surface area (Å²) in [6.07, 6.45) is 0.873. The number of carbonyl (C=O) groups excluding carboxylic acids is 2. The highest BCUT2D eigenvalue weighted by Crippen LogP contribution is 2.32. The molecule has 242 valence electrons. The van der Waals surface area contributed by atoms with Crippen LogP contribution >= 0.6 is 11.6 Å². The second-order valence-corrected chi connectivity index (χ2v) is 15.6. The first kappa shape index (κ1) is 34.1. The Morgan fingerprint density at radius 1 is 1.14 bits per heavy atom. The molecule has 2 fully saturated rings. The summed E-state index contributed by atoms with van der Waals surface area (Å²) in [6, 6.07) is 9.83. The maximum atomic E-state index is 15.3. The first-order chi connectivity index (χ1) is 20.6. The largest absolute Gasteiger partial charge is 0.444 e. The lowest BCUT2D eigenvalue weighted by atomic mass is 9.82. The maximum Gasteiger partial charge on any atom is 0.410 e. The zero-order valence-electron chi connectivity index (χ0n) is 26.1. The standard InChI is InChI=1S/C32H44ClFN4O5S/c1-20(2)28(21-11-13-22(33)14-12-21)29(35)30(39)36-27-10-6-9-26(34)25(27)16-15-24-18-37(31(40)43-32(3,4)5)23-8-7-17-44(41,42)38(24)19-23/h6,9-14,20,23-24,28-29H,7-8,15-19,35H2,1-5H3,(H,36,39)/t23?,24?,28-,29+/m1/s1. The Labute approximate surface area is 265 Å². The normalized spacial score (nSPS) is 23.0. The third-order valence-corrected chi connectivity index (χ3v) is 10.6.